The van der Waals surface area contributed by atoms with Gasteiger partial charge >= 0.3 is 35.8 Å². The Morgan fingerprint density at radius 2 is 0.980 bits per heavy atom. The standard InChI is InChI=1S/C62H95N11O26/c1-15-39(69-45(81)25-65-55(84)40-19-16-22-71(40)58(87)29(3)63-13)54(83)70-46(57(86)67-30(4)59(88)73-24-18-21-42(73)60(89)72-23-17-20-41(72)56(85)66-28(2)53(82)64-14)31(5)92-61-47(68-32(6)74)50(48(93-35(9)77)43(97-61)26-90-33(7)75)99-62-52(96-38(12)80)51(95-37(11)79)49(94-36(10)78)44(98-62)27-91-34(8)76/h28-31,39-44,46-52,61-63H,15-27H2,1-14H3,(H,64,82)(H,65,84)(H,66,85)(H,67,86)(H,68,74)(H,69,81)(H,70,83)/t28?,29?,30?,31?,39?,40?,41?,42?,43?,44?,46?,47-,48-,49-,50?,51?,52-,61-,62-/m0/s1. The van der Waals surface area contributed by atoms with Crippen molar-refractivity contribution in [3.63, 3.8) is 0 Å². The first-order chi connectivity index (χ1) is 46.6. The first-order valence-electron chi connectivity index (χ1n) is 32.8. The molecule has 5 aliphatic heterocycles. The highest BCUT2D eigenvalue weighted by Gasteiger charge is 2.58. The molecule has 0 radical (unpaired) electrons. The van der Waals surface area contributed by atoms with Gasteiger partial charge in [-0.1, -0.05) is 6.92 Å². The van der Waals surface area contributed by atoms with Crippen LogP contribution in [0.5, 0.6) is 0 Å². The molecule has 5 heterocycles. The minimum Gasteiger partial charge on any atom is -0.463 e. The van der Waals surface area contributed by atoms with Gasteiger partial charge in [-0.05, 0) is 79.7 Å². The predicted octanol–water partition coefficient (Wildman–Crippen LogP) is -4.58. The third-order valence-electron chi connectivity index (χ3n) is 16.9. The van der Waals surface area contributed by atoms with Crippen LogP contribution in [0, 0.1) is 0 Å². The van der Waals surface area contributed by atoms with E-state index in [1.165, 1.54) is 49.4 Å². The third-order valence-corrected chi connectivity index (χ3v) is 16.9. The Bertz CT molecular complexity index is 2990. The Morgan fingerprint density at radius 1 is 0.495 bits per heavy atom. The van der Waals surface area contributed by atoms with Crippen LogP contribution in [-0.2, 0) is 124 Å². The lowest BCUT2D eigenvalue weighted by Crippen LogP contribution is -2.70. The number of nitrogens with one attached hydrogen (secondary N) is 8. The van der Waals surface area contributed by atoms with E-state index >= 15 is 4.79 Å². The molecule has 37 heteroatoms. The van der Waals surface area contributed by atoms with E-state index in [1.54, 1.807) is 14.0 Å². The van der Waals surface area contributed by atoms with Crippen LogP contribution < -0.4 is 42.5 Å². The van der Waals surface area contributed by atoms with E-state index in [1.807, 2.05) is 0 Å². The van der Waals surface area contributed by atoms with Crippen LogP contribution in [0.15, 0.2) is 0 Å². The molecule has 5 saturated heterocycles. The molecule has 0 aromatic carbocycles. The van der Waals surface area contributed by atoms with E-state index in [9.17, 15) is 71.9 Å². The van der Waals surface area contributed by atoms with Gasteiger partial charge in [0.25, 0.3) is 0 Å². The molecule has 0 spiro atoms. The van der Waals surface area contributed by atoms with Gasteiger partial charge in [-0.15, -0.1) is 0 Å². The molecule has 5 fully saturated rings. The fourth-order valence-electron chi connectivity index (χ4n) is 12.2. The average Bonchev–Trinajstić information content (AvgIpc) is 1.48. The number of nitrogens with zero attached hydrogens (tertiary/aromatic N) is 3. The minimum atomic E-state index is -2.07. The summed E-state index contributed by atoms with van der Waals surface area (Å²) in [6.45, 7) is 12.4. The van der Waals surface area contributed by atoms with Gasteiger partial charge in [0.2, 0.25) is 59.1 Å². The van der Waals surface area contributed by atoms with Gasteiger partial charge in [0.05, 0.1) is 18.7 Å². The molecule has 0 aliphatic carbocycles. The van der Waals surface area contributed by atoms with Crippen LogP contribution in [0.2, 0.25) is 0 Å². The molecule has 19 atom stereocenters. The van der Waals surface area contributed by atoms with Crippen molar-refractivity contribution in [1.29, 1.82) is 0 Å². The number of likely N-dealkylation sites (tertiary alicyclic amines) is 3. The van der Waals surface area contributed by atoms with Crippen LogP contribution in [0.1, 0.15) is 128 Å². The van der Waals surface area contributed by atoms with Crippen LogP contribution in [0.3, 0.4) is 0 Å². The topological polar surface area (TPSA) is 471 Å². The van der Waals surface area contributed by atoms with Crippen molar-refractivity contribution in [2.75, 3.05) is 53.5 Å². The second kappa shape index (κ2) is 37.5. The monoisotopic (exact) mass is 1410 g/mol. The molecule has 37 nitrogen and oxygen atoms in total. The number of likely N-dealkylation sites (N-methyl/N-ethyl adjacent to an activating group) is 2. The van der Waals surface area contributed by atoms with E-state index in [-0.39, 0.29) is 38.3 Å². The molecule has 0 aromatic heterocycles. The summed E-state index contributed by atoms with van der Waals surface area (Å²) in [5, 5.41) is 20.7. The summed E-state index contributed by atoms with van der Waals surface area (Å²) >= 11 is 0. The molecule has 0 saturated carbocycles. The lowest BCUT2D eigenvalue weighted by Gasteiger charge is -2.49. The minimum absolute atomic E-state index is 0.0334. The molecule has 10 amide bonds. The second-order valence-corrected chi connectivity index (χ2v) is 24.5. The number of amides is 10. The lowest BCUT2D eigenvalue weighted by molar-refractivity contribution is -0.349. The number of ether oxygens (including phenoxy) is 10. The van der Waals surface area contributed by atoms with Crippen molar-refractivity contribution in [3.05, 3.63) is 0 Å². The van der Waals surface area contributed by atoms with Crippen LogP contribution >= 0.6 is 0 Å². The number of hydrogen-bond acceptors (Lipinski definition) is 27. The van der Waals surface area contributed by atoms with Crippen molar-refractivity contribution in [2.24, 2.45) is 0 Å². The van der Waals surface area contributed by atoms with Crippen molar-refractivity contribution in [1.82, 2.24) is 57.2 Å². The molecule has 8 N–H and O–H groups in total. The highest BCUT2D eigenvalue weighted by atomic mass is 16.8. The maximum Gasteiger partial charge on any atom is 0.303 e. The largest absolute Gasteiger partial charge is 0.463 e. The first kappa shape index (κ1) is 81.0. The maximum absolute atomic E-state index is 15.1. The van der Waals surface area contributed by atoms with E-state index < -0.39 is 225 Å². The molecule has 5 rings (SSSR count). The molecule has 0 aromatic rings. The third kappa shape index (κ3) is 22.4. The van der Waals surface area contributed by atoms with Gasteiger partial charge in [0, 0.05) is 75.1 Å². The number of carbonyl (C=O) groups excluding carboxylic acids is 16. The summed E-state index contributed by atoms with van der Waals surface area (Å²) in [5.41, 5.74) is 0. The van der Waals surface area contributed by atoms with Crippen molar-refractivity contribution in [2.45, 2.75) is 244 Å². The Morgan fingerprint density at radius 3 is 1.49 bits per heavy atom. The fraction of sp³-hybridized carbons (Fsp3) is 0.742. The zero-order chi connectivity index (χ0) is 73.9. The molecule has 99 heavy (non-hydrogen) atoms. The summed E-state index contributed by atoms with van der Waals surface area (Å²) < 4.78 is 58.9. The smallest absolute Gasteiger partial charge is 0.303 e. The number of rotatable bonds is 30. The van der Waals surface area contributed by atoms with Gasteiger partial charge in [0.15, 0.2) is 37.0 Å². The van der Waals surface area contributed by atoms with Crippen molar-refractivity contribution < 1.29 is 124 Å². The zero-order valence-electron chi connectivity index (χ0n) is 58.1. The molecular weight excluding hydrogens is 1310 g/mol. The highest BCUT2D eigenvalue weighted by molar-refractivity contribution is 5.98. The Kier molecular flexibility index (Phi) is 30.7. The highest BCUT2D eigenvalue weighted by Crippen LogP contribution is 2.36. The normalized spacial score (nSPS) is 26.8. The quantitative estimate of drug-likeness (QED) is 0.0248. The van der Waals surface area contributed by atoms with E-state index in [0.717, 1.165) is 48.5 Å². The maximum atomic E-state index is 15.1. The summed E-state index contributed by atoms with van der Waals surface area (Å²) in [7, 11) is 2.99. The van der Waals surface area contributed by atoms with E-state index in [2.05, 4.69) is 42.5 Å². The summed E-state index contributed by atoms with van der Waals surface area (Å²) in [6.07, 6.45) is -16.4. The van der Waals surface area contributed by atoms with Gasteiger partial charge in [-0.3, -0.25) is 76.7 Å². The van der Waals surface area contributed by atoms with Gasteiger partial charge in [-0.2, -0.15) is 0 Å². The zero-order valence-corrected chi connectivity index (χ0v) is 58.1. The van der Waals surface area contributed by atoms with Crippen molar-refractivity contribution >= 4 is 94.9 Å². The molecule has 13 unspecified atom stereocenters. The molecule has 5 aliphatic rings. The second-order valence-electron chi connectivity index (χ2n) is 24.5. The van der Waals surface area contributed by atoms with E-state index in [4.69, 9.17) is 47.4 Å². The number of carbonyl (C=O) groups is 16. The fourth-order valence-corrected chi connectivity index (χ4v) is 12.2. The lowest BCUT2D eigenvalue weighted by atomic mass is 9.94. The summed E-state index contributed by atoms with van der Waals surface area (Å²) in [6, 6.07) is -11.3. The number of esters is 6. The molecule has 554 valence electrons. The van der Waals surface area contributed by atoms with Gasteiger partial charge in [-0.25, -0.2) is 0 Å². The Balaban J connectivity index is 1.56. The first-order valence-corrected chi connectivity index (χ1v) is 32.8. The van der Waals surface area contributed by atoms with Crippen LogP contribution in [-0.4, -0.2) is 279 Å². The molecule has 0 bridgehead atoms. The van der Waals surface area contributed by atoms with Gasteiger partial charge < -0.3 is 105 Å². The molecular formula is C62H95N11O26. The SMILES string of the molecule is CCC(NC(=O)CNC(=O)C1CCCN1C(=O)C(C)NC)C(=O)NC(C(=O)NC(C)C(=O)N1CCCC1C(=O)N1CCCC1C(=O)NC(C)C(=O)NC)C(C)O[C@H]1OC(COC(C)=O)[C@H](OC(C)=O)C(O[C@@H]2OC(COC(C)=O)[C@H](OC(C)=O)C(OC(C)=O)[C@@H]2OC(C)=O)[C@@H]1NC(C)=O. The average molecular weight is 1410 g/mol. The summed E-state index contributed by atoms with van der Waals surface area (Å²) in [5.74, 6) is -13.1. The van der Waals surface area contributed by atoms with Gasteiger partial charge in [0.1, 0.15) is 79.9 Å². The summed E-state index contributed by atoms with van der Waals surface area (Å²) in [4.78, 5) is 218. The van der Waals surface area contributed by atoms with E-state index in [0.29, 0.717) is 32.2 Å². The number of hydrogen-bond donors (Lipinski definition) is 8. The Hall–Kier alpha value is -8.68. The van der Waals surface area contributed by atoms with Crippen LogP contribution in [0.4, 0.5) is 0 Å². The van der Waals surface area contributed by atoms with Crippen molar-refractivity contribution in [3.8, 4) is 0 Å². The Labute approximate surface area is 571 Å². The predicted molar refractivity (Wildman–Crippen MR) is 335 cm³/mol. The van der Waals surface area contributed by atoms with Crippen LogP contribution in [0.25, 0.3) is 0 Å².